The SMILES string of the molecule is COc1cc(/C=N/n2c(-c3ccco3)n[nH]c2=S)ccc1OC(F)F. The lowest BCUT2D eigenvalue weighted by Gasteiger charge is -2.09. The molecule has 0 saturated heterocycles. The summed E-state index contributed by atoms with van der Waals surface area (Å²) >= 11 is 5.14. The number of furan rings is 1. The highest BCUT2D eigenvalue weighted by Crippen LogP contribution is 2.29. The Morgan fingerprint density at radius 2 is 2.20 bits per heavy atom. The van der Waals surface area contributed by atoms with Crippen molar-refractivity contribution in [2.75, 3.05) is 7.11 Å². The number of H-pyrrole nitrogens is 1. The maximum Gasteiger partial charge on any atom is 0.387 e. The molecular weight excluding hydrogens is 354 g/mol. The van der Waals surface area contributed by atoms with Gasteiger partial charge >= 0.3 is 6.61 Å². The zero-order valence-electron chi connectivity index (χ0n) is 12.8. The Morgan fingerprint density at radius 3 is 2.88 bits per heavy atom. The van der Waals surface area contributed by atoms with Crippen LogP contribution in [0.5, 0.6) is 11.5 Å². The molecule has 0 bridgehead atoms. The zero-order chi connectivity index (χ0) is 17.8. The van der Waals surface area contributed by atoms with Crippen LogP contribution in [0.2, 0.25) is 0 Å². The first-order valence-electron chi connectivity index (χ1n) is 6.97. The van der Waals surface area contributed by atoms with Crippen LogP contribution in [0.15, 0.2) is 46.1 Å². The van der Waals surface area contributed by atoms with Gasteiger partial charge in [-0.3, -0.25) is 0 Å². The van der Waals surface area contributed by atoms with Crippen LogP contribution in [0.25, 0.3) is 11.6 Å². The van der Waals surface area contributed by atoms with Crippen molar-refractivity contribution in [3.05, 3.63) is 46.9 Å². The van der Waals surface area contributed by atoms with Crippen molar-refractivity contribution in [2.24, 2.45) is 5.10 Å². The van der Waals surface area contributed by atoms with E-state index in [1.54, 1.807) is 18.2 Å². The van der Waals surface area contributed by atoms with Gasteiger partial charge in [-0.15, -0.1) is 5.10 Å². The summed E-state index contributed by atoms with van der Waals surface area (Å²) in [5.41, 5.74) is 0.590. The highest BCUT2D eigenvalue weighted by molar-refractivity contribution is 7.71. The predicted molar refractivity (Wildman–Crippen MR) is 87.7 cm³/mol. The minimum absolute atomic E-state index is 0.0640. The number of alkyl halides is 2. The van der Waals surface area contributed by atoms with Gasteiger partial charge in [0.2, 0.25) is 10.6 Å². The molecule has 130 valence electrons. The van der Waals surface area contributed by atoms with Crippen LogP contribution >= 0.6 is 12.2 Å². The molecule has 0 aliphatic rings. The fraction of sp³-hybridized carbons (Fsp3) is 0.133. The number of nitrogens with zero attached hydrogens (tertiary/aromatic N) is 3. The van der Waals surface area contributed by atoms with E-state index in [2.05, 4.69) is 20.0 Å². The van der Waals surface area contributed by atoms with Crippen LogP contribution in [0, 0.1) is 4.77 Å². The third kappa shape index (κ3) is 3.74. The molecule has 0 amide bonds. The monoisotopic (exact) mass is 366 g/mol. The van der Waals surface area contributed by atoms with Gasteiger partial charge in [-0.2, -0.15) is 18.6 Å². The Morgan fingerprint density at radius 1 is 1.36 bits per heavy atom. The molecule has 0 aliphatic carbocycles. The average molecular weight is 366 g/mol. The van der Waals surface area contributed by atoms with Gasteiger partial charge in [0.15, 0.2) is 17.3 Å². The summed E-state index contributed by atoms with van der Waals surface area (Å²) in [5, 5.41) is 10.9. The lowest BCUT2D eigenvalue weighted by atomic mass is 10.2. The summed E-state index contributed by atoms with van der Waals surface area (Å²) in [6, 6.07) is 7.87. The second-order valence-corrected chi connectivity index (χ2v) is 5.06. The van der Waals surface area contributed by atoms with Crippen LogP contribution in [0.3, 0.4) is 0 Å². The van der Waals surface area contributed by atoms with E-state index >= 15 is 0 Å². The predicted octanol–water partition coefficient (Wildman–Crippen LogP) is 3.69. The lowest BCUT2D eigenvalue weighted by molar-refractivity contribution is -0.0512. The number of halogens is 2. The summed E-state index contributed by atoms with van der Waals surface area (Å²) in [7, 11) is 1.36. The second kappa shape index (κ2) is 7.26. The van der Waals surface area contributed by atoms with Crippen LogP contribution in [0.1, 0.15) is 5.56 Å². The fourth-order valence-electron chi connectivity index (χ4n) is 2.05. The number of benzene rings is 1. The van der Waals surface area contributed by atoms with Gasteiger partial charge in [0.25, 0.3) is 0 Å². The van der Waals surface area contributed by atoms with Crippen molar-refractivity contribution in [1.82, 2.24) is 14.9 Å². The summed E-state index contributed by atoms with van der Waals surface area (Å²) in [4.78, 5) is 0. The number of nitrogens with one attached hydrogen (secondary N) is 1. The first kappa shape index (κ1) is 16.8. The van der Waals surface area contributed by atoms with Crippen molar-refractivity contribution < 1.29 is 22.7 Å². The molecule has 1 N–H and O–H groups in total. The molecule has 0 unspecified atom stereocenters. The maximum atomic E-state index is 12.4. The number of ether oxygens (including phenoxy) is 2. The maximum absolute atomic E-state index is 12.4. The highest BCUT2D eigenvalue weighted by Gasteiger charge is 2.12. The van der Waals surface area contributed by atoms with Gasteiger partial charge in [-0.25, -0.2) is 5.10 Å². The van der Waals surface area contributed by atoms with Gasteiger partial charge in [-0.05, 0) is 48.1 Å². The minimum Gasteiger partial charge on any atom is -0.493 e. The Balaban J connectivity index is 1.91. The standard InChI is InChI=1S/C15H12F2N4O3S/c1-22-12-7-9(4-5-10(12)24-14(16)17)8-18-21-13(19-20-15(21)25)11-3-2-6-23-11/h2-8,14H,1H3,(H,20,25)/b18-8+. The Labute approximate surface area is 145 Å². The number of rotatable bonds is 6. The van der Waals surface area contributed by atoms with Crippen molar-refractivity contribution in [2.45, 2.75) is 6.61 Å². The highest BCUT2D eigenvalue weighted by atomic mass is 32.1. The largest absolute Gasteiger partial charge is 0.493 e. The molecular formula is C15H12F2N4O3S. The van der Waals surface area contributed by atoms with E-state index in [4.69, 9.17) is 21.4 Å². The van der Waals surface area contributed by atoms with E-state index in [0.29, 0.717) is 17.1 Å². The molecule has 1 aromatic carbocycles. The molecule has 2 aromatic heterocycles. The van der Waals surface area contributed by atoms with Crippen molar-refractivity contribution in [1.29, 1.82) is 0 Å². The van der Waals surface area contributed by atoms with Crippen LogP contribution in [-0.2, 0) is 0 Å². The molecule has 3 aromatic rings. The third-order valence-corrected chi connectivity index (χ3v) is 3.38. The first-order chi connectivity index (χ1) is 12.1. The molecule has 0 fully saturated rings. The fourth-order valence-corrected chi connectivity index (χ4v) is 2.23. The van der Waals surface area contributed by atoms with Crippen LogP contribution in [0.4, 0.5) is 8.78 Å². The summed E-state index contributed by atoms with van der Waals surface area (Å²) in [6.07, 6.45) is 2.99. The number of aromatic nitrogens is 3. The van der Waals surface area contributed by atoms with E-state index in [-0.39, 0.29) is 16.3 Å². The summed E-state index contributed by atoms with van der Waals surface area (Å²) < 4.78 is 41.1. The number of methoxy groups -OCH3 is 1. The topological polar surface area (TPSA) is 77.6 Å². The van der Waals surface area contributed by atoms with E-state index < -0.39 is 6.61 Å². The molecule has 0 atom stereocenters. The van der Waals surface area contributed by atoms with Crippen molar-refractivity contribution >= 4 is 18.4 Å². The van der Waals surface area contributed by atoms with Crippen molar-refractivity contribution in [3.63, 3.8) is 0 Å². The Hall–Kier alpha value is -3.01. The minimum atomic E-state index is -2.94. The van der Waals surface area contributed by atoms with Gasteiger partial charge in [-0.1, -0.05) is 0 Å². The number of aromatic amines is 1. The first-order valence-corrected chi connectivity index (χ1v) is 7.38. The second-order valence-electron chi connectivity index (χ2n) is 4.67. The molecule has 10 heteroatoms. The molecule has 2 heterocycles. The quantitative estimate of drug-likeness (QED) is 0.532. The van der Waals surface area contributed by atoms with E-state index in [9.17, 15) is 8.78 Å². The van der Waals surface area contributed by atoms with E-state index in [1.165, 1.54) is 36.4 Å². The number of hydrogen-bond acceptors (Lipinski definition) is 6. The number of hydrogen-bond donors (Lipinski definition) is 1. The molecule has 3 rings (SSSR count). The van der Waals surface area contributed by atoms with Gasteiger partial charge in [0, 0.05) is 0 Å². The molecule has 0 saturated carbocycles. The Kier molecular flexibility index (Phi) is 4.89. The van der Waals surface area contributed by atoms with Gasteiger partial charge < -0.3 is 13.9 Å². The lowest BCUT2D eigenvalue weighted by Crippen LogP contribution is -2.03. The van der Waals surface area contributed by atoms with Crippen LogP contribution < -0.4 is 9.47 Å². The molecule has 25 heavy (non-hydrogen) atoms. The van der Waals surface area contributed by atoms with Gasteiger partial charge in [0.1, 0.15) is 0 Å². The van der Waals surface area contributed by atoms with E-state index in [1.807, 2.05) is 0 Å². The molecule has 0 spiro atoms. The molecule has 0 aliphatic heterocycles. The van der Waals surface area contributed by atoms with E-state index in [0.717, 1.165) is 0 Å². The molecule has 0 radical (unpaired) electrons. The average Bonchev–Trinajstić information content (AvgIpc) is 3.23. The Bertz CT molecular complexity index is 935. The van der Waals surface area contributed by atoms with Crippen LogP contribution in [-0.4, -0.2) is 34.8 Å². The van der Waals surface area contributed by atoms with Crippen molar-refractivity contribution in [3.8, 4) is 23.1 Å². The molecule has 7 nitrogen and oxygen atoms in total. The smallest absolute Gasteiger partial charge is 0.387 e. The zero-order valence-corrected chi connectivity index (χ0v) is 13.7. The summed E-state index contributed by atoms with van der Waals surface area (Å²) in [5.74, 6) is 0.982. The normalized spacial score (nSPS) is 11.4. The third-order valence-electron chi connectivity index (χ3n) is 3.12. The van der Waals surface area contributed by atoms with Gasteiger partial charge in [0.05, 0.1) is 19.6 Å². The summed E-state index contributed by atoms with van der Waals surface area (Å²) in [6.45, 7) is -2.94.